The lowest BCUT2D eigenvalue weighted by molar-refractivity contribution is -0.118. The van der Waals surface area contributed by atoms with Crippen LogP contribution in [0.2, 0.25) is 0 Å². The lowest BCUT2D eigenvalue weighted by atomic mass is 10.2. The molecule has 0 heterocycles. The van der Waals surface area contributed by atoms with Crippen molar-refractivity contribution in [2.75, 3.05) is 12.4 Å². The van der Waals surface area contributed by atoms with Crippen LogP contribution in [0.25, 0.3) is 0 Å². The molecule has 0 saturated heterocycles. The third-order valence-electron chi connectivity index (χ3n) is 3.16. The third-order valence-corrected chi connectivity index (χ3v) is 4.68. The second kappa shape index (κ2) is 6.03. The van der Waals surface area contributed by atoms with E-state index in [9.17, 15) is 13.2 Å². The Balaban J connectivity index is 2.30. The van der Waals surface area contributed by atoms with E-state index in [4.69, 9.17) is 4.74 Å². The monoisotopic (exact) mass is 312 g/mol. The van der Waals surface area contributed by atoms with Crippen LogP contribution in [0.15, 0.2) is 23.1 Å². The Morgan fingerprint density at radius 2 is 2.00 bits per heavy atom. The number of amides is 1. The van der Waals surface area contributed by atoms with E-state index in [0.29, 0.717) is 11.4 Å². The highest BCUT2D eigenvalue weighted by atomic mass is 32.2. The van der Waals surface area contributed by atoms with Crippen molar-refractivity contribution >= 4 is 21.6 Å². The molecule has 6 nitrogen and oxygen atoms in total. The highest BCUT2D eigenvalue weighted by Crippen LogP contribution is 2.29. The average molecular weight is 312 g/mol. The fourth-order valence-electron chi connectivity index (χ4n) is 1.72. The summed E-state index contributed by atoms with van der Waals surface area (Å²) in [5.41, 5.74) is 0.356. The van der Waals surface area contributed by atoms with Gasteiger partial charge in [0.1, 0.15) is 5.75 Å². The van der Waals surface area contributed by atoms with Crippen molar-refractivity contribution < 1.29 is 17.9 Å². The standard InChI is InChI=1S/C14H20N2O4S/c1-9(2)14(17)15-12-8-11(6-7-13(12)20-3)21(18,19)16-10-4-5-10/h6-10,16H,4-5H2,1-3H3,(H,15,17). The van der Waals surface area contributed by atoms with Crippen LogP contribution in [0.3, 0.4) is 0 Å². The van der Waals surface area contributed by atoms with Gasteiger partial charge >= 0.3 is 0 Å². The van der Waals surface area contributed by atoms with Gasteiger partial charge in [-0.3, -0.25) is 4.79 Å². The number of benzene rings is 1. The Kier molecular flexibility index (Phi) is 4.53. The van der Waals surface area contributed by atoms with Gasteiger partial charge in [0, 0.05) is 12.0 Å². The molecule has 0 unspecified atom stereocenters. The van der Waals surface area contributed by atoms with E-state index in [1.54, 1.807) is 13.8 Å². The second-order valence-corrected chi connectivity index (χ2v) is 7.12. The number of sulfonamides is 1. The molecule has 2 N–H and O–H groups in total. The number of nitrogens with one attached hydrogen (secondary N) is 2. The van der Waals surface area contributed by atoms with Crippen molar-refractivity contribution in [2.45, 2.75) is 37.6 Å². The van der Waals surface area contributed by atoms with Gasteiger partial charge in [0.05, 0.1) is 17.7 Å². The number of methoxy groups -OCH3 is 1. The maximum Gasteiger partial charge on any atom is 0.240 e. The Morgan fingerprint density at radius 3 is 2.52 bits per heavy atom. The largest absolute Gasteiger partial charge is 0.495 e. The zero-order valence-corrected chi connectivity index (χ0v) is 13.2. The molecule has 0 aliphatic heterocycles. The normalized spacial score (nSPS) is 15.0. The predicted octanol–water partition coefficient (Wildman–Crippen LogP) is 1.73. The summed E-state index contributed by atoms with van der Waals surface area (Å²) >= 11 is 0. The van der Waals surface area contributed by atoms with Gasteiger partial charge in [-0.25, -0.2) is 13.1 Å². The first-order chi connectivity index (χ1) is 9.83. The molecule has 2 rings (SSSR count). The number of anilines is 1. The van der Waals surface area contributed by atoms with E-state index in [1.165, 1.54) is 25.3 Å². The van der Waals surface area contributed by atoms with Crippen molar-refractivity contribution in [3.63, 3.8) is 0 Å². The highest BCUT2D eigenvalue weighted by Gasteiger charge is 2.28. The lowest BCUT2D eigenvalue weighted by Crippen LogP contribution is -2.26. The molecule has 0 radical (unpaired) electrons. The number of carbonyl (C=O) groups excluding carboxylic acids is 1. The van der Waals surface area contributed by atoms with Gasteiger partial charge in [-0.05, 0) is 31.0 Å². The van der Waals surface area contributed by atoms with Crippen molar-refractivity contribution in [3.8, 4) is 5.75 Å². The van der Waals surface area contributed by atoms with Crippen molar-refractivity contribution in [1.29, 1.82) is 0 Å². The van der Waals surface area contributed by atoms with Crippen LogP contribution >= 0.6 is 0 Å². The summed E-state index contributed by atoms with van der Waals surface area (Å²) in [4.78, 5) is 11.9. The minimum atomic E-state index is -3.56. The average Bonchev–Trinajstić information content (AvgIpc) is 3.21. The summed E-state index contributed by atoms with van der Waals surface area (Å²) in [6.45, 7) is 3.52. The van der Waals surface area contributed by atoms with E-state index >= 15 is 0 Å². The van der Waals surface area contributed by atoms with Gasteiger partial charge in [-0.1, -0.05) is 13.8 Å². The first-order valence-corrected chi connectivity index (χ1v) is 8.33. The summed E-state index contributed by atoms with van der Waals surface area (Å²) < 4.78 is 32.1. The van der Waals surface area contributed by atoms with Crippen LogP contribution in [0.5, 0.6) is 5.75 Å². The summed E-state index contributed by atoms with van der Waals surface area (Å²) in [6.07, 6.45) is 1.73. The number of ether oxygens (including phenoxy) is 1. The molecule has 0 bridgehead atoms. The van der Waals surface area contributed by atoms with Crippen LogP contribution in [-0.2, 0) is 14.8 Å². The lowest BCUT2D eigenvalue weighted by Gasteiger charge is -2.14. The molecule has 0 spiro atoms. The molecule has 0 atom stereocenters. The first-order valence-electron chi connectivity index (χ1n) is 6.84. The molecule has 116 valence electrons. The Morgan fingerprint density at radius 1 is 1.33 bits per heavy atom. The number of rotatable bonds is 6. The minimum Gasteiger partial charge on any atom is -0.495 e. The van der Waals surface area contributed by atoms with Gasteiger partial charge < -0.3 is 10.1 Å². The molecule has 1 amide bonds. The fraction of sp³-hybridized carbons (Fsp3) is 0.500. The van der Waals surface area contributed by atoms with E-state index in [1.807, 2.05) is 0 Å². The van der Waals surface area contributed by atoms with Crippen LogP contribution < -0.4 is 14.8 Å². The maximum absolute atomic E-state index is 12.2. The predicted molar refractivity (Wildman–Crippen MR) is 79.8 cm³/mol. The van der Waals surface area contributed by atoms with Gasteiger partial charge in [-0.2, -0.15) is 0 Å². The van der Waals surface area contributed by atoms with Gasteiger partial charge in [0.25, 0.3) is 0 Å². The molecule has 1 aliphatic rings. The second-order valence-electron chi connectivity index (χ2n) is 5.40. The van der Waals surface area contributed by atoms with E-state index in [0.717, 1.165) is 12.8 Å². The zero-order chi connectivity index (χ0) is 15.6. The quantitative estimate of drug-likeness (QED) is 0.838. The molecule has 1 aromatic rings. The summed E-state index contributed by atoms with van der Waals surface area (Å²) in [7, 11) is -2.09. The van der Waals surface area contributed by atoms with Gasteiger partial charge in [0.15, 0.2) is 0 Å². The summed E-state index contributed by atoms with van der Waals surface area (Å²) in [5.74, 6) is 0.0203. The van der Waals surface area contributed by atoms with E-state index < -0.39 is 10.0 Å². The minimum absolute atomic E-state index is 0.0332. The molecule has 1 aromatic carbocycles. The van der Waals surface area contributed by atoms with Crippen molar-refractivity contribution in [2.24, 2.45) is 5.92 Å². The fourth-order valence-corrected chi connectivity index (χ4v) is 3.05. The van der Waals surface area contributed by atoms with Crippen LogP contribution in [0.4, 0.5) is 5.69 Å². The zero-order valence-electron chi connectivity index (χ0n) is 12.3. The Bertz CT molecular complexity index is 636. The topological polar surface area (TPSA) is 84.5 Å². The van der Waals surface area contributed by atoms with Crippen molar-refractivity contribution in [3.05, 3.63) is 18.2 Å². The van der Waals surface area contributed by atoms with Crippen molar-refractivity contribution in [1.82, 2.24) is 4.72 Å². The number of carbonyl (C=O) groups is 1. The van der Waals surface area contributed by atoms with Crippen LogP contribution in [0.1, 0.15) is 26.7 Å². The highest BCUT2D eigenvalue weighted by molar-refractivity contribution is 7.89. The maximum atomic E-state index is 12.2. The molecule has 1 aliphatic carbocycles. The summed E-state index contributed by atoms with van der Waals surface area (Å²) in [6, 6.07) is 4.46. The summed E-state index contributed by atoms with van der Waals surface area (Å²) in [5, 5.41) is 2.69. The van der Waals surface area contributed by atoms with E-state index in [2.05, 4.69) is 10.0 Å². The van der Waals surface area contributed by atoms with Crippen LogP contribution in [0, 0.1) is 5.92 Å². The SMILES string of the molecule is COc1ccc(S(=O)(=O)NC2CC2)cc1NC(=O)C(C)C. The Labute approximate surface area is 124 Å². The van der Waals surface area contributed by atoms with Crippen LogP contribution in [-0.4, -0.2) is 27.5 Å². The molecule has 1 saturated carbocycles. The number of hydrogen-bond acceptors (Lipinski definition) is 4. The van der Waals surface area contributed by atoms with Gasteiger partial charge in [0.2, 0.25) is 15.9 Å². The van der Waals surface area contributed by atoms with Gasteiger partial charge in [-0.15, -0.1) is 0 Å². The molecule has 0 aromatic heterocycles. The number of hydrogen-bond donors (Lipinski definition) is 2. The molecule has 21 heavy (non-hydrogen) atoms. The molecular formula is C14H20N2O4S. The Hall–Kier alpha value is -1.60. The first kappa shape index (κ1) is 15.8. The molecule has 7 heteroatoms. The molecule has 1 fully saturated rings. The van der Waals surface area contributed by atoms with E-state index in [-0.39, 0.29) is 22.8 Å². The smallest absolute Gasteiger partial charge is 0.240 e. The molecular weight excluding hydrogens is 292 g/mol. The third kappa shape index (κ3) is 3.95.